The molecule has 0 unspecified atom stereocenters. The molecule has 0 amide bonds. The molecule has 0 heteroatoms. The van der Waals surface area contributed by atoms with Crippen LogP contribution < -0.4 is 0 Å². The van der Waals surface area contributed by atoms with Crippen molar-refractivity contribution in [1.29, 1.82) is 0 Å². The van der Waals surface area contributed by atoms with Gasteiger partial charge in [-0.1, -0.05) is 87.3 Å². The third-order valence-corrected chi connectivity index (χ3v) is 5.96. The molecule has 0 heterocycles. The highest BCUT2D eigenvalue weighted by molar-refractivity contribution is 5.52. The first-order chi connectivity index (χ1) is 13.3. The maximum Gasteiger partial charge on any atom is 0.0249 e. The fraction of sp³-hybridized carbons (Fsp3) is 0.407. The van der Waals surface area contributed by atoms with Gasteiger partial charge in [0.15, 0.2) is 0 Å². The van der Waals surface area contributed by atoms with Crippen LogP contribution in [0, 0.1) is 23.7 Å². The molecule has 1 saturated carbocycles. The Kier molecular flexibility index (Phi) is 7.35. The second-order valence-electron chi connectivity index (χ2n) is 7.90. The number of hydrogen-bond acceptors (Lipinski definition) is 0. The van der Waals surface area contributed by atoms with Gasteiger partial charge in [0, 0.05) is 11.1 Å². The summed E-state index contributed by atoms with van der Waals surface area (Å²) in [6, 6.07) is 17.3. The summed E-state index contributed by atoms with van der Waals surface area (Å²) in [7, 11) is 0. The molecule has 0 bridgehead atoms. The van der Waals surface area contributed by atoms with E-state index in [-0.39, 0.29) is 0 Å². The lowest BCUT2D eigenvalue weighted by Crippen LogP contribution is -2.14. The van der Waals surface area contributed by atoms with Gasteiger partial charge in [0.2, 0.25) is 0 Å². The van der Waals surface area contributed by atoms with E-state index in [0.717, 1.165) is 23.0 Å². The molecule has 0 aliphatic heterocycles. The lowest BCUT2D eigenvalue weighted by Gasteiger charge is -2.27. The van der Waals surface area contributed by atoms with Crippen molar-refractivity contribution in [3.05, 3.63) is 76.9 Å². The number of allylic oxidation sites excluding steroid dienone is 1. The Balaban J connectivity index is 1.50. The van der Waals surface area contributed by atoms with E-state index in [2.05, 4.69) is 79.4 Å². The summed E-state index contributed by atoms with van der Waals surface area (Å²) in [6.07, 6.45) is 13.9. The normalized spacial score (nSPS) is 19.6. The van der Waals surface area contributed by atoms with Crippen LogP contribution in [0.15, 0.2) is 54.6 Å². The SMILES string of the molecule is C/C=C/c1ccc(C#Cc2ccc(CCC3CCC(CC)CC3)cc2)cc1. The molecule has 27 heavy (non-hydrogen) atoms. The summed E-state index contributed by atoms with van der Waals surface area (Å²) in [4.78, 5) is 0. The van der Waals surface area contributed by atoms with E-state index in [4.69, 9.17) is 0 Å². The molecule has 2 aromatic rings. The number of aryl methyl sites for hydroxylation is 1. The van der Waals surface area contributed by atoms with Gasteiger partial charge in [-0.15, -0.1) is 0 Å². The average Bonchev–Trinajstić information content (AvgIpc) is 2.73. The second kappa shape index (κ2) is 10.2. The summed E-state index contributed by atoms with van der Waals surface area (Å²) in [5, 5.41) is 0. The Morgan fingerprint density at radius 1 is 0.815 bits per heavy atom. The Bertz CT molecular complexity index is 773. The van der Waals surface area contributed by atoms with Gasteiger partial charge < -0.3 is 0 Å². The maximum absolute atomic E-state index is 3.29. The van der Waals surface area contributed by atoms with E-state index < -0.39 is 0 Å². The molecule has 1 aliphatic carbocycles. The summed E-state index contributed by atoms with van der Waals surface area (Å²) < 4.78 is 0. The molecular formula is C27H32. The topological polar surface area (TPSA) is 0 Å². The van der Waals surface area contributed by atoms with Gasteiger partial charge >= 0.3 is 0 Å². The van der Waals surface area contributed by atoms with Crippen LogP contribution in [-0.2, 0) is 6.42 Å². The molecule has 1 aliphatic rings. The van der Waals surface area contributed by atoms with Crippen LogP contribution >= 0.6 is 0 Å². The van der Waals surface area contributed by atoms with Crippen LogP contribution in [0.1, 0.15) is 74.6 Å². The van der Waals surface area contributed by atoms with Crippen molar-refractivity contribution in [3.8, 4) is 11.8 Å². The number of rotatable bonds is 5. The van der Waals surface area contributed by atoms with Gasteiger partial charge in [-0.25, -0.2) is 0 Å². The molecule has 0 saturated heterocycles. The van der Waals surface area contributed by atoms with Gasteiger partial charge in [-0.05, 0) is 67.0 Å². The van der Waals surface area contributed by atoms with E-state index in [1.807, 2.05) is 6.92 Å². The van der Waals surface area contributed by atoms with E-state index in [9.17, 15) is 0 Å². The minimum Gasteiger partial charge on any atom is -0.0871 e. The highest BCUT2D eigenvalue weighted by Crippen LogP contribution is 2.33. The number of hydrogen-bond donors (Lipinski definition) is 0. The third-order valence-electron chi connectivity index (χ3n) is 5.96. The molecule has 1 fully saturated rings. The number of benzene rings is 2. The van der Waals surface area contributed by atoms with Crippen molar-refractivity contribution in [2.45, 2.75) is 58.8 Å². The molecule has 0 atom stereocenters. The molecule has 3 rings (SSSR count). The van der Waals surface area contributed by atoms with Crippen molar-refractivity contribution >= 4 is 6.08 Å². The van der Waals surface area contributed by atoms with Crippen LogP contribution in [0.25, 0.3) is 6.08 Å². The van der Waals surface area contributed by atoms with E-state index in [1.54, 1.807) is 0 Å². The predicted molar refractivity (Wildman–Crippen MR) is 118 cm³/mol. The Morgan fingerprint density at radius 2 is 1.37 bits per heavy atom. The lowest BCUT2D eigenvalue weighted by atomic mass is 9.78. The van der Waals surface area contributed by atoms with Gasteiger partial charge in [-0.3, -0.25) is 0 Å². The smallest absolute Gasteiger partial charge is 0.0249 e. The largest absolute Gasteiger partial charge is 0.0871 e. The zero-order chi connectivity index (χ0) is 18.9. The fourth-order valence-electron chi connectivity index (χ4n) is 4.07. The van der Waals surface area contributed by atoms with E-state index in [0.29, 0.717) is 0 Å². The van der Waals surface area contributed by atoms with Crippen LogP contribution in [0.4, 0.5) is 0 Å². The molecular weight excluding hydrogens is 324 g/mol. The second-order valence-corrected chi connectivity index (χ2v) is 7.90. The van der Waals surface area contributed by atoms with Crippen LogP contribution in [0.5, 0.6) is 0 Å². The summed E-state index contributed by atoms with van der Waals surface area (Å²) in [5.41, 5.74) is 4.83. The lowest BCUT2D eigenvalue weighted by molar-refractivity contribution is 0.259. The first kappa shape index (κ1) is 19.5. The standard InChI is InChI=1S/C27H32/c1-3-5-23-10-12-25(13-11-23)16-17-27-20-18-26(19-21-27)15-14-24-8-6-22(4-2)7-9-24/h3,5,10-13,18-22,24H,4,6-9,14-15H2,1-2H3/b5-3+. The van der Waals surface area contributed by atoms with Gasteiger partial charge in [0.25, 0.3) is 0 Å². The summed E-state index contributed by atoms with van der Waals surface area (Å²) >= 11 is 0. The van der Waals surface area contributed by atoms with Crippen molar-refractivity contribution in [1.82, 2.24) is 0 Å². The minimum atomic E-state index is 0.942. The zero-order valence-corrected chi connectivity index (χ0v) is 16.9. The minimum absolute atomic E-state index is 0.942. The van der Waals surface area contributed by atoms with Crippen LogP contribution in [-0.4, -0.2) is 0 Å². The molecule has 0 aromatic heterocycles. The highest BCUT2D eigenvalue weighted by atomic mass is 14.2. The summed E-state index contributed by atoms with van der Waals surface area (Å²) in [5.74, 6) is 8.50. The monoisotopic (exact) mass is 356 g/mol. The first-order valence-electron chi connectivity index (χ1n) is 10.6. The van der Waals surface area contributed by atoms with Gasteiger partial charge in [-0.2, -0.15) is 0 Å². The fourth-order valence-corrected chi connectivity index (χ4v) is 4.07. The van der Waals surface area contributed by atoms with Gasteiger partial charge in [0.1, 0.15) is 0 Å². The molecule has 0 spiro atoms. The Hall–Kier alpha value is -2.26. The average molecular weight is 357 g/mol. The molecule has 2 aromatic carbocycles. The third kappa shape index (κ3) is 6.14. The van der Waals surface area contributed by atoms with Crippen molar-refractivity contribution in [2.75, 3.05) is 0 Å². The molecule has 140 valence electrons. The van der Waals surface area contributed by atoms with Crippen molar-refractivity contribution in [3.63, 3.8) is 0 Å². The van der Waals surface area contributed by atoms with Gasteiger partial charge in [0.05, 0.1) is 0 Å². The highest BCUT2D eigenvalue weighted by Gasteiger charge is 2.19. The predicted octanol–water partition coefficient (Wildman–Crippen LogP) is 7.27. The van der Waals surface area contributed by atoms with Crippen molar-refractivity contribution in [2.24, 2.45) is 11.8 Å². The maximum atomic E-state index is 3.29. The quantitative estimate of drug-likeness (QED) is 0.494. The van der Waals surface area contributed by atoms with Crippen LogP contribution in [0.2, 0.25) is 0 Å². The molecule has 0 radical (unpaired) electrons. The van der Waals surface area contributed by atoms with E-state index >= 15 is 0 Å². The summed E-state index contributed by atoms with van der Waals surface area (Å²) in [6.45, 7) is 4.38. The Morgan fingerprint density at radius 3 is 1.93 bits per heavy atom. The van der Waals surface area contributed by atoms with E-state index in [1.165, 1.54) is 56.1 Å². The molecule has 0 nitrogen and oxygen atoms in total. The Labute approximate surface area is 165 Å². The first-order valence-corrected chi connectivity index (χ1v) is 10.6. The molecule has 0 N–H and O–H groups in total. The van der Waals surface area contributed by atoms with Crippen molar-refractivity contribution < 1.29 is 0 Å². The van der Waals surface area contributed by atoms with Crippen LogP contribution in [0.3, 0.4) is 0 Å². The zero-order valence-electron chi connectivity index (χ0n) is 16.9.